The number of nitrogens with zero attached hydrogens (tertiary/aromatic N) is 2. The fourth-order valence-corrected chi connectivity index (χ4v) is 5.89. The van der Waals surface area contributed by atoms with E-state index in [1.54, 1.807) is 0 Å². The van der Waals surface area contributed by atoms with Gasteiger partial charge < -0.3 is 9.62 Å². The first kappa shape index (κ1) is 15.9. The minimum Gasteiger partial charge on any atom is -0.308 e. The lowest BCUT2D eigenvalue weighted by Gasteiger charge is -2.22. The largest absolute Gasteiger partial charge is 0.410 e. The maximum absolute atomic E-state index is 12.8. The topological polar surface area (TPSA) is 74.8 Å². The fourth-order valence-electron chi connectivity index (χ4n) is 5.89. The van der Waals surface area contributed by atoms with Crippen molar-refractivity contribution in [3.05, 3.63) is 12.2 Å². The number of carbonyl (C=O) groups excluding carboxylic acids is 4. The lowest BCUT2D eigenvalue weighted by Crippen LogP contribution is -2.49. The summed E-state index contributed by atoms with van der Waals surface area (Å²) in [6.07, 6.45) is 11.1. The number of hydrogen-bond acceptors (Lipinski definition) is 4. The molecule has 0 aromatic rings. The van der Waals surface area contributed by atoms with Gasteiger partial charge in [-0.25, -0.2) is 0 Å². The van der Waals surface area contributed by atoms with Crippen molar-refractivity contribution in [1.82, 2.24) is 9.62 Å². The first-order valence-corrected chi connectivity index (χ1v) is 9.17. The Morgan fingerprint density at radius 1 is 0.885 bits per heavy atom. The minimum absolute atomic E-state index is 0.0142. The first-order valence-electron chi connectivity index (χ1n) is 9.17. The standard InChI is InChI=1S/C19H18BN2O4/c1-3-9-6-8(2)12-13(9)17(24)21(16(12)23)20-22-18(25)14-10-4-5-11(7-10)15(14)19(22)26/h1,4-5,8-15H,6-7H2,2H3/t8-,9+,10-,11+,12+,13-,14+,15-/m1/s1. The number of carbonyl (C=O) groups is 4. The molecule has 5 rings (SSSR count). The summed E-state index contributed by atoms with van der Waals surface area (Å²) < 4.78 is 0. The molecule has 131 valence electrons. The average Bonchev–Trinajstić information content (AvgIpc) is 3.38. The Labute approximate surface area is 152 Å². The molecule has 2 heterocycles. The number of terminal acetylenes is 1. The summed E-state index contributed by atoms with van der Waals surface area (Å²) in [5, 5.41) is 0. The molecule has 2 saturated carbocycles. The van der Waals surface area contributed by atoms with E-state index in [1.807, 2.05) is 19.1 Å². The smallest absolute Gasteiger partial charge is 0.308 e. The molecule has 3 aliphatic carbocycles. The number of imide groups is 2. The van der Waals surface area contributed by atoms with Gasteiger partial charge in [0.2, 0.25) is 23.6 Å². The van der Waals surface area contributed by atoms with Crippen LogP contribution in [0.2, 0.25) is 0 Å². The van der Waals surface area contributed by atoms with Crippen LogP contribution < -0.4 is 0 Å². The quantitative estimate of drug-likeness (QED) is 0.309. The highest BCUT2D eigenvalue weighted by Gasteiger charge is 2.62. The van der Waals surface area contributed by atoms with Gasteiger partial charge in [0.1, 0.15) is 0 Å². The molecule has 4 amide bonds. The second kappa shape index (κ2) is 5.09. The van der Waals surface area contributed by atoms with Crippen molar-refractivity contribution in [3.63, 3.8) is 0 Å². The van der Waals surface area contributed by atoms with Crippen LogP contribution in [-0.2, 0) is 19.2 Å². The zero-order chi connectivity index (χ0) is 18.3. The lowest BCUT2D eigenvalue weighted by atomic mass is 9.85. The number of hydrogen-bond donors (Lipinski definition) is 0. The Morgan fingerprint density at radius 2 is 1.38 bits per heavy atom. The number of rotatable bonds is 2. The Kier molecular flexibility index (Phi) is 3.11. The summed E-state index contributed by atoms with van der Waals surface area (Å²) in [7, 11) is 1.14. The third-order valence-corrected chi connectivity index (χ3v) is 7.05. The van der Waals surface area contributed by atoms with Crippen molar-refractivity contribution >= 4 is 31.2 Å². The van der Waals surface area contributed by atoms with E-state index in [4.69, 9.17) is 6.42 Å². The van der Waals surface area contributed by atoms with E-state index in [-0.39, 0.29) is 59.1 Å². The van der Waals surface area contributed by atoms with E-state index in [0.717, 1.165) is 23.6 Å². The van der Waals surface area contributed by atoms with E-state index >= 15 is 0 Å². The van der Waals surface area contributed by atoms with Gasteiger partial charge in [-0.15, -0.1) is 12.3 Å². The molecule has 0 aromatic carbocycles. The molecule has 1 radical (unpaired) electrons. The van der Waals surface area contributed by atoms with Crippen LogP contribution in [0, 0.1) is 59.7 Å². The van der Waals surface area contributed by atoms with Crippen LogP contribution in [0.1, 0.15) is 19.8 Å². The van der Waals surface area contributed by atoms with E-state index in [9.17, 15) is 19.2 Å². The SMILES string of the molecule is C#C[C@H]1C[C@@H](C)[C@@H]2C(=O)N([B]N3C(=O)[C@@H]4[C@H](C3=O)[C@H]3C=C[C@@H]4C3)C(=O)[C@@H]21. The Balaban J connectivity index is 1.40. The van der Waals surface area contributed by atoms with Crippen molar-refractivity contribution in [1.29, 1.82) is 0 Å². The third kappa shape index (κ3) is 1.75. The third-order valence-electron chi connectivity index (χ3n) is 7.05. The summed E-state index contributed by atoms with van der Waals surface area (Å²) in [6, 6.07) is 0. The van der Waals surface area contributed by atoms with Crippen LogP contribution >= 0.6 is 0 Å². The fraction of sp³-hybridized carbons (Fsp3) is 0.579. The normalized spacial score (nSPS) is 45.5. The number of amides is 4. The van der Waals surface area contributed by atoms with E-state index < -0.39 is 11.8 Å². The molecule has 2 aliphatic heterocycles. The monoisotopic (exact) mass is 349 g/mol. The van der Waals surface area contributed by atoms with Crippen LogP contribution in [0.15, 0.2) is 12.2 Å². The molecule has 26 heavy (non-hydrogen) atoms. The second-order valence-electron chi connectivity index (χ2n) is 8.25. The van der Waals surface area contributed by atoms with Crippen molar-refractivity contribution < 1.29 is 19.2 Å². The summed E-state index contributed by atoms with van der Waals surface area (Å²) in [4.78, 5) is 53.2. The predicted octanol–water partition coefficient (Wildman–Crippen LogP) is 0.218. The predicted molar refractivity (Wildman–Crippen MR) is 90.3 cm³/mol. The lowest BCUT2D eigenvalue weighted by molar-refractivity contribution is -0.137. The van der Waals surface area contributed by atoms with E-state index in [2.05, 4.69) is 5.92 Å². The molecule has 2 saturated heterocycles. The number of fused-ring (bicyclic) bond motifs is 6. The van der Waals surface area contributed by atoms with E-state index in [0.29, 0.717) is 6.42 Å². The minimum atomic E-state index is -0.538. The zero-order valence-electron chi connectivity index (χ0n) is 14.4. The zero-order valence-corrected chi connectivity index (χ0v) is 14.4. The molecule has 0 unspecified atom stereocenters. The highest BCUT2D eigenvalue weighted by molar-refractivity contribution is 6.49. The molecule has 4 fully saturated rings. The van der Waals surface area contributed by atoms with Crippen molar-refractivity contribution in [3.8, 4) is 12.3 Å². The summed E-state index contributed by atoms with van der Waals surface area (Å²) in [5.74, 6) is -0.445. The van der Waals surface area contributed by atoms with Crippen molar-refractivity contribution in [2.75, 3.05) is 0 Å². The van der Waals surface area contributed by atoms with Gasteiger partial charge in [0.25, 0.3) is 0 Å². The van der Waals surface area contributed by atoms with Gasteiger partial charge in [-0.2, -0.15) is 0 Å². The second-order valence-corrected chi connectivity index (χ2v) is 8.25. The Bertz CT molecular complexity index is 800. The van der Waals surface area contributed by atoms with Gasteiger partial charge in [0.15, 0.2) is 0 Å². The number of allylic oxidation sites excluding steroid dienone is 2. The Morgan fingerprint density at radius 3 is 1.92 bits per heavy atom. The maximum atomic E-state index is 12.8. The van der Waals surface area contributed by atoms with E-state index in [1.165, 1.54) is 0 Å². The van der Waals surface area contributed by atoms with Gasteiger partial charge in [-0.1, -0.05) is 19.1 Å². The van der Waals surface area contributed by atoms with Gasteiger partial charge >= 0.3 is 7.55 Å². The van der Waals surface area contributed by atoms with Gasteiger partial charge in [0, 0.05) is 5.92 Å². The molecule has 8 atom stereocenters. The molecular weight excluding hydrogens is 331 g/mol. The summed E-state index contributed by atoms with van der Waals surface area (Å²) in [5.41, 5.74) is 0. The summed E-state index contributed by atoms with van der Waals surface area (Å²) >= 11 is 0. The highest BCUT2D eigenvalue weighted by Crippen LogP contribution is 2.53. The van der Waals surface area contributed by atoms with Crippen molar-refractivity contribution in [2.24, 2.45) is 47.3 Å². The molecule has 6 nitrogen and oxygen atoms in total. The average molecular weight is 349 g/mol. The van der Waals surface area contributed by atoms with Crippen LogP contribution in [0.3, 0.4) is 0 Å². The maximum Gasteiger partial charge on any atom is 0.410 e. The summed E-state index contributed by atoms with van der Waals surface area (Å²) in [6.45, 7) is 1.92. The first-order chi connectivity index (χ1) is 12.4. The Hall–Kier alpha value is -2.36. The molecule has 5 aliphatic rings. The van der Waals surface area contributed by atoms with Crippen LogP contribution in [0.25, 0.3) is 0 Å². The van der Waals surface area contributed by atoms with Crippen LogP contribution in [0.5, 0.6) is 0 Å². The van der Waals surface area contributed by atoms with Crippen molar-refractivity contribution in [2.45, 2.75) is 19.8 Å². The molecule has 0 aromatic heterocycles. The van der Waals surface area contributed by atoms with Gasteiger partial charge in [-0.3, -0.25) is 19.2 Å². The molecule has 0 spiro atoms. The molecule has 7 heteroatoms. The van der Waals surface area contributed by atoms with Crippen LogP contribution in [-0.4, -0.2) is 40.8 Å². The molecular formula is C19H18BN2O4. The van der Waals surface area contributed by atoms with Gasteiger partial charge in [-0.05, 0) is 30.6 Å². The molecule has 0 N–H and O–H groups in total. The van der Waals surface area contributed by atoms with Crippen LogP contribution in [0.4, 0.5) is 0 Å². The molecule has 2 bridgehead atoms. The van der Waals surface area contributed by atoms with Gasteiger partial charge in [0.05, 0.1) is 23.7 Å². The highest BCUT2D eigenvalue weighted by atomic mass is 16.2.